The van der Waals surface area contributed by atoms with E-state index in [0.717, 1.165) is 6.20 Å². The van der Waals surface area contributed by atoms with Gasteiger partial charge in [-0.15, -0.1) is 0 Å². The summed E-state index contributed by atoms with van der Waals surface area (Å²) < 4.78 is 21.3. The molecular formula is C15H15FN4O4. The topological polar surface area (TPSA) is 116 Å². The van der Waals surface area contributed by atoms with Crippen molar-refractivity contribution in [2.45, 2.75) is 24.5 Å². The lowest BCUT2D eigenvalue weighted by Gasteiger charge is -2.17. The van der Waals surface area contributed by atoms with Gasteiger partial charge >= 0.3 is 0 Å². The Kier molecular flexibility index (Phi) is 3.57. The summed E-state index contributed by atoms with van der Waals surface area (Å²) in [4.78, 5) is 11.1. The molecule has 0 radical (unpaired) electrons. The SMILES string of the molecule is OCC1O[C@@H](n2cc(F)c3c(-c4cc[nH]c4)ncnc32)[C@@H](O)[C@H]1O. The molecule has 4 heterocycles. The van der Waals surface area contributed by atoms with Gasteiger partial charge in [0.15, 0.2) is 12.0 Å². The van der Waals surface area contributed by atoms with Crippen molar-refractivity contribution in [2.75, 3.05) is 6.61 Å². The molecular weight excluding hydrogens is 319 g/mol. The molecule has 0 spiro atoms. The van der Waals surface area contributed by atoms with Crippen LogP contribution in [0.4, 0.5) is 4.39 Å². The lowest BCUT2D eigenvalue weighted by atomic mass is 10.1. The Bertz CT molecular complexity index is 866. The van der Waals surface area contributed by atoms with Gasteiger partial charge in [0, 0.05) is 24.2 Å². The average molecular weight is 334 g/mol. The van der Waals surface area contributed by atoms with Crippen molar-refractivity contribution >= 4 is 11.0 Å². The van der Waals surface area contributed by atoms with Crippen LogP contribution in [0.15, 0.2) is 31.0 Å². The summed E-state index contributed by atoms with van der Waals surface area (Å²) in [5, 5.41) is 29.4. The Labute approximate surface area is 135 Å². The molecule has 1 aliphatic rings. The number of nitrogens with one attached hydrogen (secondary N) is 1. The van der Waals surface area contributed by atoms with Crippen molar-refractivity contribution in [2.24, 2.45) is 0 Å². The third-order valence-corrected chi connectivity index (χ3v) is 4.23. The third-order valence-electron chi connectivity index (χ3n) is 4.23. The first-order valence-electron chi connectivity index (χ1n) is 7.38. The molecule has 3 aromatic rings. The van der Waals surface area contributed by atoms with Gasteiger partial charge in [0.1, 0.15) is 30.3 Å². The van der Waals surface area contributed by atoms with E-state index in [2.05, 4.69) is 15.0 Å². The Balaban J connectivity index is 1.86. The Hall–Kier alpha value is -2.33. The van der Waals surface area contributed by atoms with E-state index in [-0.39, 0.29) is 11.0 Å². The highest BCUT2D eigenvalue weighted by Crippen LogP contribution is 2.35. The maximum Gasteiger partial charge on any atom is 0.164 e. The molecule has 1 fully saturated rings. The maximum atomic E-state index is 14.6. The number of ether oxygens (including phenoxy) is 1. The molecule has 1 unspecified atom stereocenters. The van der Waals surface area contributed by atoms with E-state index >= 15 is 0 Å². The number of aromatic nitrogens is 4. The van der Waals surface area contributed by atoms with E-state index in [1.54, 1.807) is 18.5 Å². The molecule has 0 saturated carbocycles. The molecule has 8 nitrogen and oxygen atoms in total. The van der Waals surface area contributed by atoms with E-state index in [1.807, 2.05) is 0 Å². The summed E-state index contributed by atoms with van der Waals surface area (Å²) in [6.07, 6.45) is 1.23. The summed E-state index contributed by atoms with van der Waals surface area (Å²) >= 11 is 0. The second kappa shape index (κ2) is 5.64. The van der Waals surface area contributed by atoms with Gasteiger partial charge in [-0.25, -0.2) is 14.4 Å². The van der Waals surface area contributed by atoms with Crippen LogP contribution in [0.5, 0.6) is 0 Å². The van der Waals surface area contributed by atoms with Crippen LogP contribution in [0.2, 0.25) is 0 Å². The molecule has 1 saturated heterocycles. The predicted octanol–water partition coefficient (Wildman–Crippen LogP) is 0.177. The number of aromatic amines is 1. The van der Waals surface area contributed by atoms with E-state index < -0.39 is 37.0 Å². The number of rotatable bonds is 3. The number of hydrogen-bond donors (Lipinski definition) is 4. The molecule has 4 N–H and O–H groups in total. The van der Waals surface area contributed by atoms with Crippen LogP contribution < -0.4 is 0 Å². The quantitative estimate of drug-likeness (QED) is 0.543. The standard InChI is InChI=1S/C15H15FN4O4/c16-8-4-20(15-13(23)12(22)9(5-21)24-15)14-10(8)11(18-6-19-14)7-1-2-17-3-7/h1-4,6,9,12-13,15,17,21-23H,5H2/t9?,12-,13-,15+/m0/s1. The minimum absolute atomic E-state index is 0.190. The summed E-state index contributed by atoms with van der Waals surface area (Å²) in [5.41, 5.74) is 1.33. The fourth-order valence-corrected chi connectivity index (χ4v) is 3.03. The first-order chi connectivity index (χ1) is 11.6. The van der Waals surface area contributed by atoms with Crippen molar-refractivity contribution in [3.63, 3.8) is 0 Å². The Morgan fingerprint density at radius 1 is 1.29 bits per heavy atom. The smallest absolute Gasteiger partial charge is 0.164 e. The lowest BCUT2D eigenvalue weighted by Crippen LogP contribution is -2.33. The zero-order valence-corrected chi connectivity index (χ0v) is 12.4. The van der Waals surface area contributed by atoms with Gasteiger partial charge < -0.3 is 29.6 Å². The molecule has 0 aromatic carbocycles. The number of aliphatic hydroxyl groups is 3. The summed E-state index contributed by atoms with van der Waals surface area (Å²) in [7, 11) is 0. The zero-order chi connectivity index (χ0) is 16.8. The van der Waals surface area contributed by atoms with Gasteiger partial charge in [-0.2, -0.15) is 0 Å². The second-order valence-electron chi connectivity index (χ2n) is 5.63. The molecule has 3 aromatic heterocycles. The van der Waals surface area contributed by atoms with Crippen LogP contribution in [0.3, 0.4) is 0 Å². The summed E-state index contributed by atoms with van der Waals surface area (Å²) in [6.45, 7) is -0.458. The largest absolute Gasteiger partial charge is 0.394 e. The second-order valence-corrected chi connectivity index (χ2v) is 5.63. The molecule has 126 valence electrons. The van der Waals surface area contributed by atoms with Crippen LogP contribution in [-0.4, -0.2) is 59.8 Å². The number of halogens is 1. The molecule has 0 aliphatic carbocycles. The van der Waals surface area contributed by atoms with E-state index in [9.17, 15) is 19.7 Å². The van der Waals surface area contributed by atoms with Crippen molar-refractivity contribution in [3.05, 3.63) is 36.8 Å². The Morgan fingerprint density at radius 2 is 2.12 bits per heavy atom. The number of fused-ring (bicyclic) bond motifs is 1. The van der Waals surface area contributed by atoms with Crippen LogP contribution in [0, 0.1) is 5.82 Å². The minimum atomic E-state index is -1.32. The summed E-state index contributed by atoms with van der Waals surface area (Å²) in [6, 6.07) is 1.75. The fourth-order valence-electron chi connectivity index (χ4n) is 3.03. The molecule has 1 aliphatic heterocycles. The van der Waals surface area contributed by atoms with Crippen LogP contribution >= 0.6 is 0 Å². The first-order valence-corrected chi connectivity index (χ1v) is 7.38. The maximum absolute atomic E-state index is 14.6. The van der Waals surface area contributed by atoms with E-state index in [0.29, 0.717) is 11.3 Å². The van der Waals surface area contributed by atoms with Gasteiger partial charge in [0.05, 0.1) is 17.7 Å². The lowest BCUT2D eigenvalue weighted by molar-refractivity contribution is -0.0510. The molecule has 0 bridgehead atoms. The number of nitrogens with zero attached hydrogens (tertiary/aromatic N) is 3. The first kappa shape index (κ1) is 15.2. The molecule has 24 heavy (non-hydrogen) atoms. The molecule has 0 amide bonds. The van der Waals surface area contributed by atoms with Crippen molar-refractivity contribution in [1.82, 2.24) is 19.5 Å². The highest BCUT2D eigenvalue weighted by Gasteiger charge is 2.44. The number of H-pyrrole nitrogens is 1. The molecule has 4 rings (SSSR count). The highest BCUT2D eigenvalue weighted by atomic mass is 19.1. The van der Waals surface area contributed by atoms with Crippen LogP contribution in [0.25, 0.3) is 22.3 Å². The number of hydrogen-bond acceptors (Lipinski definition) is 6. The monoisotopic (exact) mass is 334 g/mol. The highest BCUT2D eigenvalue weighted by molar-refractivity contribution is 5.91. The van der Waals surface area contributed by atoms with Gasteiger partial charge in [0.25, 0.3) is 0 Å². The van der Waals surface area contributed by atoms with Gasteiger partial charge in [-0.3, -0.25) is 0 Å². The van der Waals surface area contributed by atoms with E-state index in [1.165, 1.54) is 10.9 Å². The zero-order valence-electron chi connectivity index (χ0n) is 12.4. The van der Waals surface area contributed by atoms with Crippen LogP contribution in [-0.2, 0) is 4.74 Å². The molecule has 9 heteroatoms. The molecule has 4 atom stereocenters. The van der Waals surface area contributed by atoms with Gasteiger partial charge in [-0.05, 0) is 6.07 Å². The predicted molar refractivity (Wildman–Crippen MR) is 80.3 cm³/mol. The van der Waals surface area contributed by atoms with Crippen LogP contribution in [0.1, 0.15) is 6.23 Å². The minimum Gasteiger partial charge on any atom is -0.394 e. The van der Waals surface area contributed by atoms with Crippen molar-refractivity contribution < 1.29 is 24.4 Å². The van der Waals surface area contributed by atoms with Crippen molar-refractivity contribution in [1.29, 1.82) is 0 Å². The fraction of sp³-hybridized carbons (Fsp3) is 0.333. The van der Waals surface area contributed by atoms with Crippen molar-refractivity contribution in [3.8, 4) is 11.3 Å². The average Bonchev–Trinajstić information content (AvgIpc) is 3.29. The number of aliphatic hydroxyl groups excluding tert-OH is 3. The summed E-state index contributed by atoms with van der Waals surface area (Å²) in [5.74, 6) is -0.570. The van der Waals surface area contributed by atoms with Gasteiger partial charge in [-0.1, -0.05) is 0 Å². The third kappa shape index (κ3) is 2.13. The van der Waals surface area contributed by atoms with E-state index in [4.69, 9.17) is 4.74 Å². The van der Waals surface area contributed by atoms with Gasteiger partial charge in [0.2, 0.25) is 0 Å². The normalized spacial score (nSPS) is 27.2. The Morgan fingerprint density at radius 3 is 2.79 bits per heavy atom.